The van der Waals surface area contributed by atoms with Gasteiger partial charge in [0.2, 0.25) is 5.91 Å². The van der Waals surface area contributed by atoms with Crippen LogP contribution in [0.1, 0.15) is 12.8 Å². The van der Waals surface area contributed by atoms with Gasteiger partial charge in [0.1, 0.15) is 0 Å². The molecule has 5 nitrogen and oxygen atoms in total. The fourth-order valence-corrected chi connectivity index (χ4v) is 1.89. The molecule has 2 unspecified atom stereocenters. The zero-order valence-electron chi connectivity index (χ0n) is 8.92. The van der Waals surface area contributed by atoms with E-state index in [-0.39, 0.29) is 11.9 Å². The molecule has 1 rings (SSSR count). The third-order valence-electron chi connectivity index (χ3n) is 2.72. The van der Waals surface area contributed by atoms with Gasteiger partial charge in [0, 0.05) is 26.1 Å². The molecule has 14 heavy (non-hydrogen) atoms. The lowest BCUT2D eigenvalue weighted by molar-refractivity contribution is -0.122. The molecule has 1 amide bonds. The number of carbonyl (C=O) groups is 1. The lowest BCUT2D eigenvalue weighted by Gasteiger charge is -2.18. The largest absolute Gasteiger partial charge is 0.327 e. The van der Waals surface area contributed by atoms with Crippen LogP contribution in [0.15, 0.2) is 0 Å². The number of hydrogen-bond donors (Lipinski definition) is 3. The number of hydrogen-bond acceptors (Lipinski definition) is 4. The summed E-state index contributed by atoms with van der Waals surface area (Å²) in [6.45, 7) is 2.10. The molecule has 0 saturated carbocycles. The second-order valence-corrected chi connectivity index (χ2v) is 3.98. The van der Waals surface area contributed by atoms with Crippen LogP contribution in [-0.4, -0.2) is 44.0 Å². The monoisotopic (exact) mass is 200 g/mol. The first-order chi connectivity index (χ1) is 6.63. The Morgan fingerprint density at radius 3 is 2.93 bits per heavy atom. The van der Waals surface area contributed by atoms with Crippen molar-refractivity contribution in [3.8, 4) is 0 Å². The third-order valence-corrected chi connectivity index (χ3v) is 2.72. The minimum atomic E-state index is -0.0328. The average molecular weight is 200 g/mol. The minimum absolute atomic E-state index is 0.0201. The summed E-state index contributed by atoms with van der Waals surface area (Å²) >= 11 is 0. The normalized spacial score (nSPS) is 24.9. The van der Waals surface area contributed by atoms with Crippen molar-refractivity contribution in [1.82, 2.24) is 15.8 Å². The highest BCUT2D eigenvalue weighted by atomic mass is 16.2. The Balaban J connectivity index is 2.27. The fraction of sp³-hybridized carbons (Fsp3) is 0.889. The van der Waals surface area contributed by atoms with E-state index in [1.807, 2.05) is 0 Å². The summed E-state index contributed by atoms with van der Waals surface area (Å²) in [5.74, 6) is 0.428. The van der Waals surface area contributed by atoms with Crippen LogP contribution >= 0.6 is 0 Å². The molecule has 1 aliphatic heterocycles. The number of nitrogens with two attached hydrogens (primary N) is 1. The molecule has 1 fully saturated rings. The molecule has 1 heterocycles. The number of amides is 1. The van der Waals surface area contributed by atoms with Crippen molar-refractivity contribution in [3.63, 3.8) is 0 Å². The molecular formula is C9H20N4O. The number of likely N-dealkylation sites (tertiary alicyclic amines) is 1. The summed E-state index contributed by atoms with van der Waals surface area (Å²) in [4.78, 5) is 13.5. The van der Waals surface area contributed by atoms with Gasteiger partial charge < -0.3 is 10.6 Å². The summed E-state index contributed by atoms with van der Waals surface area (Å²) in [7, 11) is 3.76. The molecule has 0 aliphatic carbocycles. The van der Waals surface area contributed by atoms with Crippen LogP contribution in [0.2, 0.25) is 0 Å². The Morgan fingerprint density at radius 1 is 1.71 bits per heavy atom. The van der Waals surface area contributed by atoms with Crippen LogP contribution in [0.4, 0.5) is 0 Å². The molecule has 0 aromatic rings. The van der Waals surface area contributed by atoms with Crippen LogP contribution in [-0.2, 0) is 4.79 Å². The highest BCUT2D eigenvalue weighted by Crippen LogP contribution is 2.18. The van der Waals surface area contributed by atoms with E-state index in [0.717, 1.165) is 19.5 Å². The Labute approximate surface area is 85.0 Å². The van der Waals surface area contributed by atoms with E-state index < -0.39 is 0 Å². The zero-order valence-corrected chi connectivity index (χ0v) is 8.92. The van der Waals surface area contributed by atoms with E-state index >= 15 is 0 Å². The molecule has 0 spiro atoms. The second kappa shape index (κ2) is 5.29. The smallest absolute Gasteiger partial charge is 0.235 e. The standard InChI is InChI=1S/C9H20N4O/c1-11-12-9(14)5-8(10)7-3-4-13(2)6-7/h7-8,11H,3-6,10H2,1-2H3,(H,12,14). The van der Waals surface area contributed by atoms with Gasteiger partial charge in [-0.05, 0) is 25.9 Å². The molecule has 0 radical (unpaired) electrons. The maximum absolute atomic E-state index is 11.2. The van der Waals surface area contributed by atoms with Gasteiger partial charge in [-0.2, -0.15) is 0 Å². The van der Waals surface area contributed by atoms with Gasteiger partial charge in [-0.25, -0.2) is 5.43 Å². The van der Waals surface area contributed by atoms with E-state index in [2.05, 4.69) is 22.8 Å². The van der Waals surface area contributed by atoms with E-state index in [1.165, 1.54) is 0 Å². The minimum Gasteiger partial charge on any atom is -0.327 e. The van der Waals surface area contributed by atoms with Crippen molar-refractivity contribution in [2.24, 2.45) is 11.7 Å². The number of hydrazine groups is 1. The van der Waals surface area contributed by atoms with Gasteiger partial charge in [0.15, 0.2) is 0 Å². The fourth-order valence-electron chi connectivity index (χ4n) is 1.89. The first-order valence-corrected chi connectivity index (χ1v) is 5.03. The molecular weight excluding hydrogens is 180 g/mol. The Morgan fingerprint density at radius 2 is 2.43 bits per heavy atom. The topological polar surface area (TPSA) is 70.4 Å². The van der Waals surface area contributed by atoms with Crippen molar-refractivity contribution < 1.29 is 4.79 Å². The molecule has 82 valence electrons. The Bertz CT molecular complexity index is 197. The van der Waals surface area contributed by atoms with Crippen LogP contribution in [0.25, 0.3) is 0 Å². The van der Waals surface area contributed by atoms with Gasteiger partial charge in [-0.1, -0.05) is 0 Å². The van der Waals surface area contributed by atoms with Crippen LogP contribution in [0, 0.1) is 5.92 Å². The second-order valence-electron chi connectivity index (χ2n) is 3.98. The van der Waals surface area contributed by atoms with Gasteiger partial charge >= 0.3 is 0 Å². The van der Waals surface area contributed by atoms with Gasteiger partial charge in [0.25, 0.3) is 0 Å². The zero-order chi connectivity index (χ0) is 10.6. The first kappa shape index (κ1) is 11.4. The van der Waals surface area contributed by atoms with Crippen molar-refractivity contribution in [2.45, 2.75) is 18.9 Å². The molecule has 4 N–H and O–H groups in total. The van der Waals surface area contributed by atoms with Crippen LogP contribution < -0.4 is 16.6 Å². The van der Waals surface area contributed by atoms with E-state index in [9.17, 15) is 4.79 Å². The summed E-state index contributed by atoms with van der Waals surface area (Å²) in [6.07, 6.45) is 1.50. The third kappa shape index (κ3) is 3.25. The predicted octanol–water partition coefficient (Wildman–Crippen LogP) is -1.09. The summed E-state index contributed by atoms with van der Waals surface area (Å²) < 4.78 is 0. The number of nitrogens with one attached hydrogen (secondary N) is 2. The van der Waals surface area contributed by atoms with Crippen molar-refractivity contribution in [2.75, 3.05) is 27.2 Å². The quantitative estimate of drug-likeness (QED) is 0.504. The van der Waals surface area contributed by atoms with Gasteiger partial charge in [-0.15, -0.1) is 0 Å². The maximum Gasteiger partial charge on any atom is 0.235 e. The van der Waals surface area contributed by atoms with E-state index in [4.69, 9.17) is 5.73 Å². The van der Waals surface area contributed by atoms with Gasteiger partial charge in [-0.3, -0.25) is 10.2 Å². The molecule has 2 atom stereocenters. The highest BCUT2D eigenvalue weighted by molar-refractivity contribution is 5.76. The molecule has 0 aromatic heterocycles. The van der Waals surface area contributed by atoms with Crippen molar-refractivity contribution in [3.05, 3.63) is 0 Å². The molecule has 0 aromatic carbocycles. The van der Waals surface area contributed by atoms with Crippen LogP contribution in [0.5, 0.6) is 0 Å². The Kier molecular flexibility index (Phi) is 4.31. The summed E-state index contributed by atoms with van der Waals surface area (Å²) in [5, 5.41) is 0. The van der Waals surface area contributed by atoms with E-state index in [0.29, 0.717) is 12.3 Å². The number of nitrogens with zero attached hydrogens (tertiary/aromatic N) is 1. The van der Waals surface area contributed by atoms with Crippen molar-refractivity contribution >= 4 is 5.91 Å². The predicted molar refractivity (Wildman–Crippen MR) is 55.4 cm³/mol. The average Bonchev–Trinajstić information content (AvgIpc) is 2.52. The summed E-state index contributed by atoms with van der Waals surface area (Å²) in [5.41, 5.74) is 11.1. The lowest BCUT2D eigenvalue weighted by Crippen LogP contribution is -2.41. The molecule has 1 saturated heterocycles. The first-order valence-electron chi connectivity index (χ1n) is 5.03. The van der Waals surface area contributed by atoms with Gasteiger partial charge in [0.05, 0.1) is 0 Å². The molecule has 5 heteroatoms. The molecule has 1 aliphatic rings. The summed E-state index contributed by atoms with van der Waals surface area (Å²) in [6, 6.07) is -0.0201. The SMILES string of the molecule is CNNC(=O)CC(N)C1CCN(C)C1. The van der Waals surface area contributed by atoms with Crippen LogP contribution in [0.3, 0.4) is 0 Å². The maximum atomic E-state index is 11.2. The Hall–Kier alpha value is -0.650. The molecule has 0 bridgehead atoms. The highest BCUT2D eigenvalue weighted by Gasteiger charge is 2.26. The van der Waals surface area contributed by atoms with E-state index in [1.54, 1.807) is 7.05 Å². The lowest BCUT2D eigenvalue weighted by atomic mass is 9.97. The van der Waals surface area contributed by atoms with Crippen molar-refractivity contribution in [1.29, 1.82) is 0 Å². The number of rotatable bonds is 4. The number of carbonyl (C=O) groups excluding carboxylic acids is 1.